The van der Waals surface area contributed by atoms with Crippen molar-refractivity contribution in [3.63, 3.8) is 0 Å². The molecule has 10 heteroatoms. The summed E-state index contributed by atoms with van der Waals surface area (Å²) in [6.07, 6.45) is -1.61. The second kappa shape index (κ2) is 8.02. The Morgan fingerprint density at radius 3 is 2.52 bits per heavy atom. The van der Waals surface area contributed by atoms with Gasteiger partial charge in [0.15, 0.2) is 0 Å². The highest BCUT2D eigenvalue weighted by atomic mass is 19.4. The molecule has 4 heterocycles. The Balaban J connectivity index is 1.21. The van der Waals surface area contributed by atoms with Gasteiger partial charge in [0.1, 0.15) is 17.0 Å². The second-order valence-electron chi connectivity index (χ2n) is 8.77. The normalized spacial score (nSPS) is 20.2. The van der Waals surface area contributed by atoms with Crippen molar-refractivity contribution in [2.75, 3.05) is 19.7 Å². The van der Waals surface area contributed by atoms with Gasteiger partial charge >= 0.3 is 12.2 Å². The van der Waals surface area contributed by atoms with E-state index < -0.39 is 23.4 Å². The number of benzene rings is 1. The fourth-order valence-electron chi connectivity index (χ4n) is 4.69. The van der Waals surface area contributed by atoms with Gasteiger partial charge in [0.2, 0.25) is 0 Å². The molecule has 2 saturated heterocycles. The number of ether oxygens (including phenoxy) is 1. The van der Waals surface area contributed by atoms with Crippen molar-refractivity contribution in [1.82, 2.24) is 20.1 Å². The molecule has 0 bridgehead atoms. The number of imide groups is 1. The SMILES string of the molecule is O=C1NC2(CCN(Cc3ccc4c(c3)OCC4)CC2)C(=O)N1Cc1ccc(C(F)(F)F)nc1. The van der Waals surface area contributed by atoms with Crippen LogP contribution in [0.5, 0.6) is 5.75 Å². The third-order valence-electron chi connectivity index (χ3n) is 6.58. The fourth-order valence-corrected chi connectivity index (χ4v) is 4.69. The molecule has 0 saturated carbocycles. The van der Waals surface area contributed by atoms with Gasteiger partial charge in [0.05, 0.1) is 13.2 Å². The van der Waals surface area contributed by atoms with Crippen molar-refractivity contribution in [2.24, 2.45) is 0 Å². The van der Waals surface area contributed by atoms with Crippen LogP contribution in [0.2, 0.25) is 0 Å². The van der Waals surface area contributed by atoms with E-state index in [-0.39, 0.29) is 12.5 Å². The molecule has 1 aromatic heterocycles. The average molecular weight is 460 g/mol. The van der Waals surface area contributed by atoms with Crippen LogP contribution in [0.4, 0.5) is 18.0 Å². The highest BCUT2D eigenvalue weighted by Gasteiger charge is 2.52. The lowest BCUT2D eigenvalue weighted by atomic mass is 9.87. The molecule has 0 radical (unpaired) electrons. The maximum Gasteiger partial charge on any atom is 0.433 e. The van der Waals surface area contributed by atoms with Gasteiger partial charge in [0.25, 0.3) is 5.91 Å². The fraction of sp³-hybridized carbons (Fsp3) is 0.435. The summed E-state index contributed by atoms with van der Waals surface area (Å²) >= 11 is 0. The van der Waals surface area contributed by atoms with Crippen LogP contribution in [0.1, 0.15) is 35.2 Å². The van der Waals surface area contributed by atoms with Gasteiger partial charge in [-0.15, -0.1) is 0 Å². The number of rotatable bonds is 4. The highest BCUT2D eigenvalue weighted by molar-refractivity contribution is 6.07. The predicted octanol–water partition coefficient (Wildman–Crippen LogP) is 3.12. The molecular weight excluding hydrogens is 437 g/mol. The molecule has 3 aliphatic rings. The molecule has 0 aliphatic carbocycles. The van der Waals surface area contributed by atoms with Crippen LogP contribution < -0.4 is 10.1 Å². The lowest BCUT2D eigenvalue weighted by molar-refractivity contribution is -0.141. The first-order valence-corrected chi connectivity index (χ1v) is 10.9. The second-order valence-corrected chi connectivity index (χ2v) is 8.77. The van der Waals surface area contributed by atoms with Crippen LogP contribution >= 0.6 is 0 Å². The minimum Gasteiger partial charge on any atom is -0.493 e. The predicted molar refractivity (Wildman–Crippen MR) is 111 cm³/mol. The van der Waals surface area contributed by atoms with Gasteiger partial charge < -0.3 is 10.1 Å². The van der Waals surface area contributed by atoms with Crippen molar-refractivity contribution >= 4 is 11.9 Å². The number of carbonyl (C=O) groups excluding carboxylic acids is 2. The van der Waals surface area contributed by atoms with Crippen molar-refractivity contribution in [2.45, 2.75) is 44.1 Å². The average Bonchev–Trinajstić information content (AvgIpc) is 3.33. The number of piperidine rings is 1. The van der Waals surface area contributed by atoms with E-state index in [0.29, 0.717) is 38.1 Å². The maximum absolute atomic E-state index is 13.1. The van der Waals surface area contributed by atoms with Crippen LogP contribution in [-0.2, 0) is 30.5 Å². The Kier molecular flexibility index (Phi) is 5.27. The summed E-state index contributed by atoms with van der Waals surface area (Å²) in [5, 5.41) is 2.83. The largest absolute Gasteiger partial charge is 0.493 e. The zero-order valence-corrected chi connectivity index (χ0v) is 17.8. The van der Waals surface area contributed by atoms with Crippen LogP contribution in [0.25, 0.3) is 0 Å². The zero-order valence-electron chi connectivity index (χ0n) is 17.8. The van der Waals surface area contributed by atoms with Gasteiger partial charge in [-0.05, 0) is 41.7 Å². The number of alkyl halides is 3. The number of aromatic nitrogens is 1. The lowest BCUT2D eigenvalue weighted by Gasteiger charge is -2.37. The summed E-state index contributed by atoms with van der Waals surface area (Å²) in [7, 11) is 0. The van der Waals surface area contributed by atoms with E-state index in [9.17, 15) is 22.8 Å². The van der Waals surface area contributed by atoms with Crippen LogP contribution in [0.3, 0.4) is 0 Å². The van der Waals surface area contributed by atoms with E-state index in [1.807, 2.05) is 0 Å². The van der Waals surface area contributed by atoms with E-state index in [1.165, 1.54) is 11.6 Å². The number of fused-ring (bicyclic) bond motifs is 1. The number of pyridine rings is 1. The molecule has 2 fully saturated rings. The van der Waals surface area contributed by atoms with Gasteiger partial charge in [-0.25, -0.2) is 4.79 Å². The molecule has 5 rings (SSSR count). The van der Waals surface area contributed by atoms with E-state index in [1.54, 1.807) is 0 Å². The molecular formula is C23H23F3N4O3. The molecule has 0 atom stereocenters. The molecule has 0 unspecified atom stereocenters. The summed E-state index contributed by atoms with van der Waals surface area (Å²) in [5.74, 6) is 0.602. The third-order valence-corrected chi connectivity index (χ3v) is 6.58. The molecule has 7 nitrogen and oxygen atoms in total. The van der Waals surface area contributed by atoms with Crippen molar-refractivity contribution < 1.29 is 27.5 Å². The van der Waals surface area contributed by atoms with Crippen LogP contribution in [0, 0.1) is 0 Å². The number of hydrogen-bond acceptors (Lipinski definition) is 5. The minimum atomic E-state index is -4.54. The molecule has 33 heavy (non-hydrogen) atoms. The Morgan fingerprint density at radius 1 is 1.06 bits per heavy atom. The number of likely N-dealkylation sites (tertiary alicyclic amines) is 1. The van der Waals surface area contributed by atoms with Crippen molar-refractivity contribution in [3.8, 4) is 5.75 Å². The number of urea groups is 1. The third kappa shape index (κ3) is 4.15. The highest BCUT2D eigenvalue weighted by Crippen LogP contribution is 2.33. The monoisotopic (exact) mass is 460 g/mol. The number of carbonyl (C=O) groups is 2. The molecule has 1 aromatic carbocycles. The molecule has 2 aromatic rings. The molecule has 3 amide bonds. The van der Waals surface area contributed by atoms with Gasteiger partial charge in [-0.2, -0.15) is 13.2 Å². The molecule has 174 valence electrons. The standard InChI is InChI=1S/C23H23F3N4O3/c24-23(25,26)19-4-2-16(12-27-19)14-30-20(31)22(28-21(30)32)6-8-29(9-7-22)13-15-1-3-17-5-10-33-18(17)11-15/h1-4,11-12H,5-10,13-14H2,(H,28,32). The quantitative estimate of drug-likeness (QED) is 0.710. The van der Waals surface area contributed by atoms with E-state index in [2.05, 4.69) is 33.4 Å². The summed E-state index contributed by atoms with van der Waals surface area (Å²) < 4.78 is 43.8. The zero-order chi connectivity index (χ0) is 23.2. The Morgan fingerprint density at radius 2 is 1.82 bits per heavy atom. The Hall–Kier alpha value is -3.14. The van der Waals surface area contributed by atoms with Crippen LogP contribution in [-0.4, -0.2) is 52.0 Å². The van der Waals surface area contributed by atoms with Crippen molar-refractivity contribution in [3.05, 3.63) is 58.9 Å². The van der Waals surface area contributed by atoms with Gasteiger partial charge in [-0.3, -0.25) is 19.6 Å². The lowest BCUT2D eigenvalue weighted by Crippen LogP contribution is -2.54. The molecule has 1 spiro atoms. The maximum atomic E-state index is 13.1. The van der Waals surface area contributed by atoms with E-state index in [0.717, 1.165) is 41.4 Å². The van der Waals surface area contributed by atoms with E-state index >= 15 is 0 Å². The minimum absolute atomic E-state index is 0.115. The van der Waals surface area contributed by atoms with Crippen molar-refractivity contribution in [1.29, 1.82) is 0 Å². The van der Waals surface area contributed by atoms with Crippen LogP contribution in [0.15, 0.2) is 36.5 Å². The number of nitrogens with zero attached hydrogens (tertiary/aromatic N) is 3. The first kappa shape index (κ1) is 21.7. The smallest absolute Gasteiger partial charge is 0.433 e. The number of hydrogen-bond donors (Lipinski definition) is 1. The number of nitrogens with one attached hydrogen (secondary N) is 1. The van der Waals surface area contributed by atoms with Gasteiger partial charge in [0, 0.05) is 32.3 Å². The topological polar surface area (TPSA) is 74.8 Å². The molecule has 3 aliphatic heterocycles. The van der Waals surface area contributed by atoms with Gasteiger partial charge in [-0.1, -0.05) is 18.2 Å². The van der Waals surface area contributed by atoms with E-state index in [4.69, 9.17) is 4.74 Å². The first-order chi connectivity index (χ1) is 15.7. The Bertz CT molecular complexity index is 1080. The number of amides is 3. The Labute approximate surface area is 188 Å². The summed E-state index contributed by atoms with van der Waals surface area (Å²) in [6.45, 7) is 2.61. The summed E-state index contributed by atoms with van der Waals surface area (Å²) in [6, 6.07) is 7.83. The summed E-state index contributed by atoms with van der Waals surface area (Å²) in [4.78, 5) is 32.4. The summed E-state index contributed by atoms with van der Waals surface area (Å²) in [5.41, 5.74) is 0.749. The molecule has 1 N–H and O–H groups in total. The number of halogens is 3. The first-order valence-electron chi connectivity index (χ1n) is 10.9.